The molecule has 1 amide bonds. The fourth-order valence-corrected chi connectivity index (χ4v) is 9.48. The summed E-state index contributed by atoms with van der Waals surface area (Å²) in [5, 5.41) is 4.00. The Morgan fingerprint density at radius 2 is 1.37 bits per heavy atom. The average molecular weight is 413 g/mol. The molecule has 0 saturated carbocycles. The average Bonchev–Trinajstić information content (AvgIpc) is 2.63. The maximum atomic E-state index is 13.3. The van der Waals surface area contributed by atoms with Crippen LogP contribution in [0.4, 0.5) is 5.69 Å². The Morgan fingerprint density at radius 1 is 0.963 bits per heavy atom. The minimum atomic E-state index is -1.31. The highest BCUT2D eigenvalue weighted by molar-refractivity contribution is 7.77. The van der Waals surface area contributed by atoms with Gasteiger partial charge in [-0.1, -0.05) is 51.6 Å². The summed E-state index contributed by atoms with van der Waals surface area (Å²) >= 11 is 6.16. The van der Waals surface area contributed by atoms with Gasteiger partial charge in [0.2, 0.25) is 0 Å². The Labute approximate surface area is 173 Å². The lowest BCUT2D eigenvalue weighted by atomic mass is 10.1. The Bertz CT molecular complexity index is 557. The molecule has 1 N–H and O–H groups in total. The first-order valence-electron chi connectivity index (χ1n) is 10.7. The second-order valence-electron chi connectivity index (χ2n) is 8.03. The molecular weight excluding hydrogens is 373 g/mol. The molecule has 0 aliphatic carbocycles. The van der Waals surface area contributed by atoms with Crippen LogP contribution in [0, 0.1) is 13.8 Å². The van der Waals surface area contributed by atoms with Gasteiger partial charge >= 0.3 is 0 Å². The van der Waals surface area contributed by atoms with Crippen LogP contribution in [0.1, 0.15) is 77.3 Å². The lowest BCUT2D eigenvalue weighted by Crippen LogP contribution is -2.32. The first-order chi connectivity index (χ1) is 12.8. The molecule has 1 unspecified atom stereocenters. The zero-order chi connectivity index (χ0) is 20.4. The van der Waals surface area contributed by atoms with Crippen molar-refractivity contribution in [3.63, 3.8) is 0 Å². The molecule has 0 aliphatic heterocycles. The molecule has 0 radical (unpaired) electrons. The largest absolute Gasteiger partial charge is 0.322 e. The third kappa shape index (κ3) is 7.06. The van der Waals surface area contributed by atoms with Crippen molar-refractivity contribution in [3.05, 3.63) is 28.3 Å². The van der Waals surface area contributed by atoms with Crippen LogP contribution < -0.4 is 5.32 Å². The van der Waals surface area contributed by atoms with Crippen LogP contribution in [-0.4, -0.2) is 30.1 Å². The van der Waals surface area contributed by atoms with Crippen molar-refractivity contribution in [1.29, 1.82) is 0 Å². The van der Waals surface area contributed by atoms with E-state index in [9.17, 15) is 4.79 Å². The van der Waals surface area contributed by atoms with E-state index in [1.165, 1.54) is 57.0 Å². The predicted molar refractivity (Wildman–Crippen MR) is 125 cm³/mol. The van der Waals surface area contributed by atoms with Gasteiger partial charge in [-0.15, -0.1) is 0 Å². The van der Waals surface area contributed by atoms with Crippen LogP contribution in [0.25, 0.3) is 0 Å². The predicted octanol–water partition coefficient (Wildman–Crippen LogP) is 7.70. The van der Waals surface area contributed by atoms with Gasteiger partial charge in [0.25, 0.3) is 5.91 Å². The Kier molecular flexibility index (Phi) is 10.9. The molecule has 2 nitrogen and oxygen atoms in total. The molecule has 0 fully saturated rings. The van der Waals surface area contributed by atoms with Crippen LogP contribution in [0.3, 0.4) is 0 Å². The van der Waals surface area contributed by atoms with Crippen molar-refractivity contribution in [2.75, 3.05) is 23.8 Å². The van der Waals surface area contributed by atoms with Gasteiger partial charge in [0, 0.05) is 18.0 Å². The minimum absolute atomic E-state index is 0.122. The number of carbonyl (C=O) groups excluding carboxylic acids is 1. The summed E-state index contributed by atoms with van der Waals surface area (Å²) in [5.41, 5.74) is 3.15. The smallest absolute Gasteiger partial charge is 0.264 e. The normalized spacial score (nSPS) is 12.9. The van der Waals surface area contributed by atoms with Crippen LogP contribution >= 0.6 is 18.9 Å². The number of amides is 1. The van der Waals surface area contributed by atoms with Crippen molar-refractivity contribution in [3.8, 4) is 0 Å². The van der Waals surface area contributed by atoms with E-state index in [-0.39, 0.29) is 11.6 Å². The fraction of sp³-hybridized carbons (Fsp3) is 0.696. The molecule has 1 atom stereocenters. The topological polar surface area (TPSA) is 29.1 Å². The summed E-state index contributed by atoms with van der Waals surface area (Å²) in [6.07, 6.45) is 11.2. The van der Waals surface area contributed by atoms with E-state index < -0.39 is 7.26 Å². The van der Waals surface area contributed by atoms with Crippen molar-refractivity contribution < 1.29 is 4.79 Å². The third-order valence-electron chi connectivity index (χ3n) is 5.82. The van der Waals surface area contributed by atoms with E-state index in [2.05, 4.69) is 33.0 Å². The zero-order valence-corrected chi connectivity index (χ0v) is 20.0. The minimum Gasteiger partial charge on any atom is -0.322 e. The lowest BCUT2D eigenvalue weighted by Gasteiger charge is -2.33. The van der Waals surface area contributed by atoms with Crippen molar-refractivity contribution in [1.82, 2.24) is 0 Å². The molecular formula is C23H40ClNOP+. The fourth-order valence-electron chi connectivity index (χ4n) is 3.92. The maximum Gasteiger partial charge on any atom is 0.264 e. The van der Waals surface area contributed by atoms with Gasteiger partial charge in [-0.05, 0) is 63.3 Å². The number of hydrogen-bond donors (Lipinski definition) is 1. The SMILES string of the molecule is CCCC[P+](CCCC)(CCCC)C(C)C(=O)Nc1c(C)cc(Cl)cc1C. The quantitative estimate of drug-likeness (QED) is 0.350. The number of hydrogen-bond acceptors (Lipinski definition) is 1. The van der Waals surface area contributed by atoms with E-state index in [1.807, 2.05) is 26.0 Å². The molecule has 0 aromatic heterocycles. The van der Waals surface area contributed by atoms with E-state index in [4.69, 9.17) is 11.6 Å². The summed E-state index contributed by atoms with van der Waals surface area (Å²) < 4.78 is 0. The van der Waals surface area contributed by atoms with Crippen LogP contribution in [0.2, 0.25) is 5.02 Å². The van der Waals surface area contributed by atoms with Crippen LogP contribution in [0.5, 0.6) is 0 Å². The second-order valence-corrected chi connectivity index (χ2v) is 13.0. The van der Waals surface area contributed by atoms with Crippen molar-refractivity contribution in [2.24, 2.45) is 0 Å². The molecule has 0 aliphatic rings. The Balaban J connectivity index is 3.10. The first kappa shape index (κ1) is 24.4. The summed E-state index contributed by atoms with van der Waals surface area (Å²) in [7, 11) is -1.31. The standard InChI is InChI=1S/C23H39ClNOP/c1-7-10-13-27(14-11-8-2,15-12-9-3)20(6)23(26)25-22-18(4)16-21(24)17-19(22)5/h16-17,20H,7-15H2,1-6H3/p+1. The molecule has 0 heterocycles. The van der Waals surface area contributed by atoms with Gasteiger partial charge in [0.1, 0.15) is 5.66 Å². The molecule has 1 aromatic carbocycles. The van der Waals surface area contributed by atoms with E-state index in [1.54, 1.807) is 0 Å². The van der Waals surface area contributed by atoms with Gasteiger partial charge < -0.3 is 5.32 Å². The van der Waals surface area contributed by atoms with Gasteiger partial charge in [-0.2, -0.15) is 0 Å². The molecule has 4 heteroatoms. The number of aryl methyl sites for hydroxylation is 2. The monoisotopic (exact) mass is 412 g/mol. The number of benzene rings is 1. The number of carbonyl (C=O) groups is 1. The Hall–Kier alpha value is -0.590. The number of unbranched alkanes of at least 4 members (excludes halogenated alkanes) is 3. The highest BCUT2D eigenvalue weighted by atomic mass is 35.5. The molecule has 1 aromatic rings. The molecule has 27 heavy (non-hydrogen) atoms. The third-order valence-corrected chi connectivity index (χ3v) is 11.5. The van der Waals surface area contributed by atoms with E-state index >= 15 is 0 Å². The van der Waals surface area contributed by atoms with Crippen molar-refractivity contribution in [2.45, 2.75) is 85.7 Å². The van der Waals surface area contributed by atoms with E-state index in [0.29, 0.717) is 0 Å². The molecule has 0 spiro atoms. The van der Waals surface area contributed by atoms with Crippen LogP contribution in [0.15, 0.2) is 12.1 Å². The summed E-state index contributed by atoms with van der Waals surface area (Å²) in [6, 6.07) is 3.87. The lowest BCUT2D eigenvalue weighted by molar-refractivity contribution is -0.115. The first-order valence-corrected chi connectivity index (χ1v) is 13.5. The summed E-state index contributed by atoms with van der Waals surface area (Å²) in [4.78, 5) is 13.3. The molecule has 154 valence electrons. The van der Waals surface area contributed by atoms with Gasteiger partial charge in [-0.3, -0.25) is 4.79 Å². The summed E-state index contributed by atoms with van der Waals surface area (Å²) in [5.74, 6) is 0.208. The van der Waals surface area contributed by atoms with E-state index in [0.717, 1.165) is 21.8 Å². The molecule has 0 bridgehead atoms. The number of rotatable bonds is 12. The van der Waals surface area contributed by atoms with Gasteiger partial charge in [0.05, 0.1) is 18.5 Å². The van der Waals surface area contributed by atoms with Crippen LogP contribution in [-0.2, 0) is 4.79 Å². The zero-order valence-electron chi connectivity index (χ0n) is 18.3. The van der Waals surface area contributed by atoms with Gasteiger partial charge in [0.15, 0.2) is 0 Å². The van der Waals surface area contributed by atoms with Crippen molar-refractivity contribution >= 4 is 30.5 Å². The number of nitrogens with one attached hydrogen (secondary N) is 1. The highest BCUT2D eigenvalue weighted by Gasteiger charge is 2.45. The molecule has 0 saturated heterocycles. The molecule has 1 rings (SSSR count). The highest BCUT2D eigenvalue weighted by Crippen LogP contribution is 2.64. The number of anilines is 1. The number of halogens is 1. The Morgan fingerprint density at radius 3 is 1.74 bits per heavy atom. The second kappa shape index (κ2) is 12.1. The maximum absolute atomic E-state index is 13.3. The van der Waals surface area contributed by atoms with Gasteiger partial charge in [-0.25, -0.2) is 0 Å². The summed E-state index contributed by atoms with van der Waals surface area (Å²) in [6.45, 7) is 13.0.